The number of imidazole rings is 1. The van der Waals surface area contributed by atoms with Crippen molar-refractivity contribution in [1.29, 1.82) is 0 Å². The number of nitrogens with zero attached hydrogens (tertiary/aromatic N) is 2. The Labute approximate surface area is 68.1 Å². The second kappa shape index (κ2) is 2.57. The molecule has 0 aliphatic heterocycles. The lowest BCUT2D eigenvalue weighted by Crippen LogP contribution is -1.82. The van der Waals surface area contributed by atoms with Crippen molar-refractivity contribution >= 4 is 5.65 Å². The van der Waals surface area contributed by atoms with Crippen molar-refractivity contribution in [1.82, 2.24) is 9.38 Å². The van der Waals surface area contributed by atoms with Crippen molar-refractivity contribution in [3.8, 4) is 0 Å². The van der Waals surface area contributed by atoms with Gasteiger partial charge in [-0.15, -0.1) is 0 Å². The zero-order valence-corrected chi connectivity index (χ0v) is 6.24. The molecule has 2 rings (SSSR count). The van der Waals surface area contributed by atoms with Crippen LogP contribution < -0.4 is 0 Å². The molecule has 12 heavy (non-hydrogen) atoms. The molecule has 0 radical (unpaired) electrons. The van der Waals surface area contributed by atoms with Gasteiger partial charge in [0.1, 0.15) is 11.5 Å². The molecule has 0 aromatic carbocycles. The monoisotopic (exact) mass is 166 g/mol. The minimum atomic E-state index is -0.322. The standard InChI is InChI=1S/C8H7FN2O/c9-6-1-2-11-4-7(5-12)10-8(11)3-6/h1-4,12H,5H2. The Morgan fingerprint density at radius 3 is 3.17 bits per heavy atom. The van der Waals surface area contributed by atoms with E-state index >= 15 is 0 Å². The van der Waals surface area contributed by atoms with Gasteiger partial charge in [-0.05, 0) is 6.07 Å². The van der Waals surface area contributed by atoms with Gasteiger partial charge in [-0.3, -0.25) is 0 Å². The molecule has 0 amide bonds. The highest BCUT2D eigenvalue weighted by Crippen LogP contribution is 2.06. The first-order valence-electron chi connectivity index (χ1n) is 3.53. The number of rotatable bonds is 1. The Bertz CT molecular complexity index is 410. The maximum atomic E-state index is 12.6. The summed E-state index contributed by atoms with van der Waals surface area (Å²) in [5, 5.41) is 8.74. The summed E-state index contributed by atoms with van der Waals surface area (Å²) in [6.45, 7) is -0.122. The summed E-state index contributed by atoms with van der Waals surface area (Å²) in [4.78, 5) is 3.96. The molecule has 0 saturated carbocycles. The lowest BCUT2D eigenvalue weighted by Gasteiger charge is -1.89. The van der Waals surface area contributed by atoms with E-state index in [4.69, 9.17) is 5.11 Å². The average molecular weight is 166 g/mol. The summed E-state index contributed by atoms with van der Waals surface area (Å²) in [5.74, 6) is -0.322. The number of hydrogen-bond acceptors (Lipinski definition) is 2. The summed E-state index contributed by atoms with van der Waals surface area (Å²) in [7, 11) is 0. The molecule has 0 aliphatic carbocycles. The third-order valence-electron chi connectivity index (χ3n) is 1.63. The van der Waals surface area contributed by atoms with Crippen LogP contribution in [-0.2, 0) is 6.61 Å². The maximum Gasteiger partial charge on any atom is 0.140 e. The van der Waals surface area contributed by atoms with Gasteiger partial charge in [0.2, 0.25) is 0 Å². The molecule has 0 saturated heterocycles. The minimum absolute atomic E-state index is 0.122. The van der Waals surface area contributed by atoms with E-state index in [0.29, 0.717) is 11.3 Å². The highest BCUT2D eigenvalue weighted by atomic mass is 19.1. The minimum Gasteiger partial charge on any atom is -0.390 e. The maximum absolute atomic E-state index is 12.6. The number of pyridine rings is 1. The van der Waals surface area contributed by atoms with Crippen molar-refractivity contribution in [2.24, 2.45) is 0 Å². The van der Waals surface area contributed by atoms with Crippen LogP contribution >= 0.6 is 0 Å². The van der Waals surface area contributed by atoms with E-state index in [2.05, 4.69) is 4.98 Å². The first-order chi connectivity index (χ1) is 5.79. The van der Waals surface area contributed by atoms with Crippen LogP contribution in [0.4, 0.5) is 4.39 Å². The number of aliphatic hydroxyl groups is 1. The largest absolute Gasteiger partial charge is 0.390 e. The number of aromatic nitrogens is 2. The Balaban J connectivity index is 2.67. The van der Waals surface area contributed by atoms with E-state index in [-0.39, 0.29) is 12.4 Å². The fraction of sp³-hybridized carbons (Fsp3) is 0.125. The van der Waals surface area contributed by atoms with Gasteiger partial charge in [0, 0.05) is 18.5 Å². The molecule has 0 aliphatic rings. The number of halogens is 1. The Morgan fingerprint density at radius 2 is 2.42 bits per heavy atom. The fourth-order valence-electron chi connectivity index (χ4n) is 1.09. The highest BCUT2D eigenvalue weighted by molar-refractivity contribution is 5.39. The van der Waals surface area contributed by atoms with Crippen LogP contribution in [0.5, 0.6) is 0 Å². The molecule has 0 fully saturated rings. The lowest BCUT2D eigenvalue weighted by atomic mass is 10.4. The van der Waals surface area contributed by atoms with Crippen molar-refractivity contribution in [3.05, 3.63) is 36.0 Å². The van der Waals surface area contributed by atoms with Gasteiger partial charge >= 0.3 is 0 Å². The zero-order chi connectivity index (χ0) is 8.55. The van der Waals surface area contributed by atoms with E-state index in [1.807, 2.05) is 0 Å². The molecule has 2 aromatic heterocycles. The van der Waals surface area contributed by atoms with Gasteiger partial charge in [0.25, 0.3) is 0 Å². The Kier molecular flexibility index (Phi) is 1.55. The molecular weight excluding hydrogens is 159 g/mol. The predicted molar refractivity (Wildman–Crippen MR) is 41.1 cm³/mol. The molecular formula is C8H7FN2O. The third kappa shape index (κ3) is 1.06. The summed E-state index contributed by atoms with van der Waals surface area (Å²) in [6, 6.07) is 2.66. The van der Waals surface area contributed by atoms with Gasteiger partial charge in [-0.2, -0.15) is 0 Å². The smallest absolute Gasteiger partial charge is 0.140 e. The van der Waals surface area contributed by atoms with Gasteiger partial charge in [0.05, 0.1) is 12.3 Å². The van der Waals surface area contributed by atoms with Crippen molar-refractivity contribution in [2.75, 3.05) is 0 Å². The van der Waals surface area contributed by atoms with Crippen LogP contribution in [-0.4, -0.2) is 14.5 Å². The second-order valence-corrected chi connectivity index (χ2v) is 2.50. The van der Waals surface area contributed by atoms with Crippen molar-refractivity contribution < 1.29 is 9.50 Å². The Hall–Kier alpha value is -1.42. The van der Waals surface area contributed by atoms with Crippen LogP contribution in [0.1, 0.15) is 5.69 Å². The van der Waals surface area contributed by atoms with Crippen LogP contribution in [0.15, 0.2) is 24.5 Å². The van der Waals surface area contributed by atoms with Crippen LogP contribution in [0.3, 0.4) is 0 Å². The van der Waals surface area contributed by atoms with E-state index in [1.165, 1.54) is 12.1 Å². The van der Waals surface area contributed by atoms with E-state index in [1.54, 1.807) is 16.8 Å². The molecule has 0 unspecified atom stereocenters. The van der Waals surface area contributed by atoms with Crippen LogP contribution in [0.2, 0.25) is 0 Å². The number of hydrogen-bond donors (Lipinski definition) is 1. The molecule has 2 heterocycles. The third-order valence-corrected chi connectivity index (χ3v) is 1.63. The SMILES string of the molecule is OCc1cn2ccc(F)cc2n1. The molecule has 3 nitrogen and oxygen atoms in total. The molecule has 62 valence electrons. The second-order valence-electron chi connectivity index (χ2n) is 2.50. The molecule has 4 heteroatoms. The van der Waals surface area contributed by atoms with Gasteiger partial charge < -0.3 is 9.51 Å². The number of aliphatic hydroxyl groups excluding tert-OH is 1. The van der Waals surface area contributed by atoms with Crippen molar-refractivity contribution in [2.45, 2.75) is 6.61 Å². The van der Waals surface area contributed by atoms with Gasteiger partial charge in [-0.25, -0.2) is 9.37 Å². The van der Waals surface area contributed by atoms with E-state index in [9.17, 15) is 4.39 Å². The van der Waals surface area contributed by atoms with Crippen LogP contribution in [0, 0.1) is 5.82 Å². The average Bonchev–Trinajstić information content (AvgIpc) is 2.46. The molecule has 0 bridgehead atoms. The molecule has 2 aromatic rings. The Morgan fingerprint density at radius 1 is 1.58 bits per heavy atom. The molecule has 0 spiro atoms. The summed E-state index contributed by atoms with van der Waals surface area (Å²) >= 11 is 0. The highest BCUT2D eigenvalue weighted by Gasteiger charge is 2.00. The first-order valence-corrected chi connectivity index (χ1v) is 3.53. The normalized spacial score (nSPS) is 10.8. The van der Waals surface area contributed by atoms with Gasteiger partial charge in [0.15, 0.2) is 0 Å². The summed E-state index contributed by atoms with van der Waals surface area (Å²) in [5.41, 5.74) is 1.06. The van der Waals surface area contributed by atoms with Crippen LogP contribution in [0.25, 0.3) is 5.65 Å². The predicted octanol–water partition coefficient (Wildman–Crippen LogP) is 0.966. The fourth-order valence-corrected chi connectivity index (χ4v) is 1.09. The lowest BCUT2D eigenvalue weighted by molar-refractivity contribution is 0.277. The summed E-state index contributed by atoms with van der Waals surface area (Å²) < 4.78 is 14.3. The first kappa shape index (κ1) is 7.24. The van der Waals surface area contributed by atoms with E-state index in [0.717, 1.165) is 0 Å². The zero-order valence-electron chi connectivity index (χ0n) is 6.24. The topological polar surface area (TPSA) is 37.5 Å². The van der Waals surface area contributed by atoms with Crippen molar-refractivity contribution in [3.63, 3.8) is 0 Å². The van der Waals surface area contributed by atoms with Gasteiger partial charge in [-0.1, -0.05) is 0 Å². The molecule has 1 N–H and O–H groups in total. The van der Waals surface area contributed by atoms with E-state index < -0.39 is 0 Å². The summed E-state index contributed by atoms with van der Waals surface area (Å²) in [6.07, 6.45) is 3.23. The molecule has 0 atom stereocenters. The number of fused-ring (bicyclic) bond motifs is 1. The quantitative estimate of drug-likeness (QED) is 0.685.